The van der Waals surface area contributed by atoms with E-state index in [0.717, 1.165) is 11.1 Å². The van der Waals surface area contributed by atoms with Gasteiger partial charge in [0, 0.05) is 10.9 Å². The van der Waals surface area contributed by atoms with Crippen LogP contribution in [0.2, 0.25) is 0 Å². The highest BCUT2D eigenvalue weighted by Crippen LogP contribution is 2.25. The lowest BCUT2D eigenvalue weighted by Crippen LogP contribution is -2.42. The van der Waals surface area contributed by atoms with Gasteiger partial charge in [-0.05, 0) is 12.5 Å². The Labute approximate surface area is 145 Å². The van der Waals surface area contributed by atoms with Gasteiger partial charge in [0.1, 0.15) is 35.9 Å². The minimum absolute atomic E-state index is 0.234. The number of benzene rings is 1. The molecule has 136 valence electrons. The summed E-state index contributed by atoms with van der Waals surface area (Å²) in [7, 11) is -0.520. The molecule has 5 N–H and O–H groups in total. The fraction of sp³-hybridized carbons (Fsp3) is 0.647. The first-order chi connectivity index (χ1) is 11.5. The molecule has 0 radical (unpaired) electrons. The van der Waals surface area contributed by atoms with Crippen molar-refractivity contribution in [1.29, 1.82) is 0 Å². The molecule has 7 heteroatoms. The minimum Gasteiger partial charge on any atom is -0.394 e. The van der Waals surface area contributed by atoms with Crippen molar-refractivity contribution in [2.45, 2.75) is 43.2 Å². The second-order valence-corrected chi connectivity index (χ2v) is 8.59. The zero-order chi connectivity index (χ0) is 17.7. The van der Waals surface area contributed by atoms with E-state index >= 15 is 0 Å². The first-order valence-electron chi connectivity index (χ1n) is 8.05. The van der Waals surface area contributed by atoms with Gasteiger partial charge in [0.25, 0.3) is 0 Å². The van der Waals surface area contributed by atoms with E-state index in [1.54, 1.807) is 0 Å². The van der Waals surface area contributed by atoms with Gasteiger partial charge in [-0.1, -0.05) is 29.8 Å². The summed E-state index contributed by atoms with van der Waals surface area (Å²) in [5.41, 5.74) is 2.07. The predicted octanol–water partition coefficient (Wildman–Crippen LogP) is -1.05. The summed E-state index contributed by atoms with van der Waals surface area (Å²) in [5.74, 6) is 0.623. The van der Waals surface area contributed by atoms with Gasteiger partial charge in [0.05, 0.1) is 19.8 Å². The molecule has 0 aliphatic carbocycles. The van der Waals surface area contributed by atoms with Crippen LogP contribution in [-0.2, 0) is 22.2 Å². The second-order valence-electron chi connectivity index (χ2n) is 6.24. The van der Waals surface area contributed by atoms with E-state index < -0.39 is 40.6 Å². The summed E-state index contributed by atoms with van der Waals surface area (Å²) < 4.78 is 5.64. The Morgan fingerprint density at radius 1 is 1.29 bits per heavy atom. The zero-order valence-electron chi connectivity index (χ0n) is 13.8. The van der Waals surface area contributed by atoms with E-state index in [2.05, 4.69) is 0 Å². The molecule has 1 aromatic carbocycles. The van der Waals surface area contributed by atoms with Crippen molar-refractivity contribution < 1.29 is 30.3 Å². The summed E-state index contributed by atoms with van der Waals surface area (Å²) in [4.78, 5) is 0. The van der Waals surface area contributed by atoms with E-state index in [4.69, 9.17) is 4.74 Å². The summed E-state index contributed by atoms with van der Waals surface area (Å²) in [5, 5.41) is 48.4. The maximum absolute atomic E-state index is 10.4. The third kappa shape index (κ3) is 4.92. The van der Waals surface area contributed by atoms with Crippen LogP contribution >= 0.6 is 0 Å². The standard InChI is InChI=1S/C17H27O6S/c1-11-3-2-4-12(5-11)8-23-15(6-18)13(20)9-24-10-14(21)17(22)16(24)7-19/h2-5,13-22H,6-10H2,1H3/q+1/t13-,14-,15+,16-,17+,24?/m1/s1. The van der Waals surface area contributed by atoms with Gasteiger partial charge in [0.2, 0.25) is 0 Å². The fourth-order valence-electron chi connectivity index (χ4n) is 2.91. The molecule has 0 amide bonds. The lowest BCUT2D eigenvalue weighted by atomic mass is 10.1. The molecule has 6 nitrogen and oxygen atoms in total. The topological polar surface area (TPSA) is 110 Å². The lowest BCUT2D eigenvalue weighted by molar-refractivity contribution is -0.0623. The van der Waals surface area contributed by atoms with Crippen LogP contribution in [0.4, 0.5) is 0 Å². The number of hydrogen-bond acceptors (Lipinski definition) is 6. The van der Waals surface area contributed by atoms with Gasteiger partial charge in [-0.3, -0.25) is 0 Å². The SMILES string of the molecule is Cc1cccc(CO[C@@H](CO)[C@H](O)C[S+]2C[C@@H](O)[C@H](O)[C@H]2CO)c1. The van der Waals surface area contributed by atoms with Gasteiger partial charge in [0.15, 0.2) is 5.25 Å². The van der Waals surface area contributed by atoms with Crippen molar-refractivity contribution in [2.24, 2.45) is 0 Å². The maximum Gasteiger partial charge on any atom is 0.169 e. The molecule has 1 saturated heterocycles. The molecule has 0 aromatic heterocycles. The highest BCUT2D eigenvalue weighted by molar-refractivity contribution is 7.97. The summed E-state index contributed by atoms with van der Waals surface area (Å²) in [6, 6.07) is 7.80. The van der Waals surface area contributed by atoms with Crippen LogP contribution in [0.3, 0.4) is 0 Å². The highest BCUT2D eigenvalue weighted by atomic mass is 32.2. The Morgan fingerprint density at radius 2 is 2.04 bits per heavy atom. The molecule has 0 saturated carbocycles. The van der Waals surface area contributed by atoms with Crippen molar-refractivity contribution in [3.63, 3.8) is 0 Å². The second kappa shape index (κ2) is 9.15. The molecule has 6 atom stereocenters. The van der Waals surface area contributed by atoms with E-state index in [-0.39, 0.29) is 25.6 Å². The van der Waals surface area contributed by atoms with Crippen LogP contribution in [0, 0.1) is 6.92 Å². The quantitative estimate of drug-likeness (QED) is 0.379. The van der Waals surface area contributed by atoms with Crippen LogP contribution in [0.15, 0.2) is 24.3 Å². The van der Waals surface area contributed by atoms with Gasteiger partial charge < -0.3 is 30.3 Å². The van der Waals surface area contributed by atoms with Gasteiger partial charge in [-0.25, -0.2) is 0 Å². The third-order valence-electron chi connectivity index (χ3n) is 4.31. The number of rotatable bonds is 8. The highest BCUT2D eigenvalue weighted by Gasteiger charge is 2.50. The first kappa shape index (κ1) is 19.7. The summed E-state index contributed by atoms with van der Waals surface area (Å²) >= 11 is 0. The molecule has 24 heavy (non-hydrogen) atoms. The van der Waals surface area contributed by atoms with Crippen LogP contribution in [0.1, 0.15) is 11.1 Å². The molecular weight excluding hydrogens is 332 g/mol. The number of ether oxygens (including phenoxy) is 1. The fourth-order valence-corrected chi connectivity index (χ4v) is 5.62. The molecule has 1 aromatic rings. The largest absolute Gasteiger partial charge is 0.394 e. The Balaban J connectivity index is 1.90. The molecule has 0 bridgehead atoms. The molecule has 1 unspecified atom stereocenters. The van der Waals surface area contributed by atoms with E-state index in [1.165, 1.54) is 0 Å². The van der Waals surface area contributed by atoms with Crippen LogP contribution in [-0.4, -0.2) is 79.9 Å². The normalized spacial score (nSPS) is 29.6. The third-order valence-corrected chi connectivity index (χ3v) is 7.13. The molecule has 1 aliphatic heterocycles. The Bertz CT molecular complexity index is 514. The number of aliphatic hydroxyl groups is 5. The molecule has 0 spiro atoms. The van der Waals surface area contributed by atoms with Gasteiger partial charge in [-0.15, -0.1) is 0 Å². The van der Waals surface area contributed by atoms with E-state index in [9.17, 15) is 25.5 Å². The van der Waals surface area contributed by atoms with Crippen molar-refractivity contribution in [2.75, 3.05) is 24.7 Å². The lowest BCUT2D eigenvalue weighted by Gasteiger charge is -2.22. The van der Waals surface area contributed by atoms with Crippen molar-refractivity contribution in [3.8, 4) is 0 Å². The summed E-state index contributed by atoms with van der Waals surface area (Å²) in [6.07, 6.45) is -3.51. The van der Waals surface area contributed by atoms with E-state index in [1.807, 2.05) is 31.2 Å². The average molecular weight is 359 g/mol. The van der Waals surface area contributed by atoms with Crippen molar-refractivity contribution >= 4 is 10.9 Å². The molecule has 1 aliphatic rings. The maximum atomic E-state index is 10.4. The van der Waals surface area contributed by atoms with Crippen LogP contribution in [0.5, 0.6) is 0 Å². The Hall–Kier alpha value is -0.670. The number of hydrogen-bond donors (Lipinski definition) is 5. The molecule has 2 rings (SSSR count). The molecular formula is C17H27O6S+. The first-order valence-corrected chi connectivity index (χ1v) is 9.68. The number of aryl methyl sites for hydroxylation is 1. The number of aliphatic hydroxyl groups excluding tert-OH is 5. The average Bonchev–Trinajstić information content (AvgIpc) is 2.81. The molecule has 1 heterocycles. The smallest absolute Gasteiger partial charge is 0.169 e. The summed E-state index contributed by atoms with van der Waals surface area (Å²) in [6.45, 7) is 1.71. The van der Waals surface area contributed by atoms with Crippen molar-refractivity contribution in [1.82, 2.24) is 0 Å². The van der Waals surface area contributed by atoms with Crippen LogP contribution < -0.4 is 0 Å². The van der Waals surface area contributed by atoms with Crippen molar-refractivity contribution in [3.05, 3.63) is 35.4 Å². The Kier molecular flexibility index (Phi) is 7.49. The Morgan fingerprint density at radius 3 is 2.67 bits per heavy atom. The zero-order valence-corrected chi connectivity index (χ0v) is 14.6. The van der Waals surface area contributed by atoms with E-state index in [0.29, 0.717) is 5.75 Å². The van der Waals surface area contributed by atoms with Gasteiger partial charge >= 0.3 is 0 Å². The van der Waals surface area contributed by atoms with Crippen LogP contribution in [0.25, 0.3) is 0 Å². The predicted molar refractivity (Wildman–Crippen MR) is 92.8 cm³/mol. The minimum atomic E-state index is -0.966. The van der Waals surface area contributed by atoms with Gasteiger partial charge in [-0.2, -0.15) is 0 Å². The molecule has 1 fully saturated rings. The monoisotopic (exact) mass is 359 g/mol.